The number of halogens is 1. The standard InChI is InChI=1S/C14H22ClNO/c1-4-14(2,3)10-16-9-13(17)11-5-7-12(15)8-6-11/h5-8,13,16-17H,4,9-10H2,1-3H3. The van der Waals surface area contributed by atoms with Crippen molar-refractivity contribution in [3.05, 3.63) is 34.9 Å². The van der Waals surface area contributed by atoms with Crippen molar-refractivity contribution in [1.82, 2.24) is 5.32 Å². The molecular weight excluding hydrogens is 234 g/mol. The van der Waals surface area contributed by atoms with Gasteiger partial charge in [-0.1, -0.05) is 44.5 Å². The van der Waals surface area contributed by atoms with Crippen LogP contribution in [0.4, 0.5) is 0 Å². The van der Waals surface area contributed by atoms with Crippen molar-refractivity contribution in [2.45, 2.75) is 33.3 Å². The fourth-order valence-electron chi connectivity index (χ4n) is 1.48. The number of hydrogen-bond acceptors (Lipinski definition) is 2. The minimum Gasteiger partial charge on any atom is -0.387 e. The molecule has 0 bridgehead atoms. The maximum absolute atomic E-state index is 9.98. The lowest BCUT2D eigenvalue weighted by Crippen LogP contribution is -2.31. The van der Waals surface area contributed by atoms with E-state index in [1.807, 2.05) is 12.1 Å². The van der Waals surface area contributed by atoms with Gasteiger partial charge in [-0.05, 0) is 29.5 Å². The summed E-state index contributed by atoms with van der Waals surface area (Å²) in [6.07, 6.45) is 0.650. The lowest BCUT2D eigenvalue weighted by molar-refractivity contribution is 0.168. The summed E-state index contributed by atoms with van der Waals surface area (Å²) >= 11 is 5.80. The zero-order valence-electron chi connectivity index (χ0n) is 10.8. The molecule has 0 saturated heterocycles. The number of aliphatic hydroxyl groups excluding tert-OH is 1. The molecule has 3 heteroatoms. The summed E-state index contributed by atoms with van der Waals surface area (Å²) in [5.41, 5.74) is 1.18. The number of rotatable bonds is 6. The molecule has 96 valence electrons. The van der Waals surface area contributed by atoms with Crippen molar-refractivity contribution in [3.8, 4) is 0 Å². The molecule has 0 fully saturated rings. The lowest BCUT2D eigenvalue weighted by atomic mass is 9.90. The van der Waals surface area contributed by atoms with Crippen LogP contribution in [0.2, 0.25) is 5.02 Å². The van der Waals surface area contributed by atoms with Gasteiger partial charge in [0.15, 0.2) is 0 Å². The maximum Gasteiger partial charge on any atom is 0.0914 e. The summed E-state index contributed by atoms with van der Waals surface area (Å²) in [5.74, 6) is 0. The molecule has 0 saturated carbocycles. The molecule has 1 aromatic rings. The Bertz CT molecular complexity index is 335. The van der Waals surface area contributed by atoms with Crippen LogP contribution in [0.15, 0.2) is 24.3 Å². The fourth-order valence-corrected chi connectivity index (χ4v) is 1.60. The second-order valence-electron chi connectivity index (χ2n) is 5.22. The smallest absolute Gasteiger partial charge is 0.0914 e. The molecule has 2 N–H and O–H groups in total. The molecule has 0 spiro atoms. The van der Waals surface area contributed by atoms with Gasteiger partial charge in [-0.25, -0.2) is 0 Å². The number of benzene rings is 1. The van der Waals surface area contributed by atoms with E-state index in [4.69, 9.17) is 11.6 Å². The first-order valence-corrected chi connectivity index (χ1v) is 6.46. The summed E-state index contributed by atoms with van der Waals surface area (Å²) < 4.78 is 0. The first-order valence-electron chi connectivity index (χ1n) is 6.09. The van der Waals surface area contributed by atoms with Crippen LogP contribution >= 0.6 is 11.6 Å². The Morgan fingerprint density at radius 2 is 1.88 bits per heavy atom. The molecular formula is C14H22ClNO. The van der Waals surface area contributed by atoms with E-state index >= 15 is 0 Å². The third-order valence-electron chi connectivity index (χ3n) is 3.15. The van der Waals surface area contributed by atoms with E-state index in [1.54, 1.807) is 12.1 Å². The van der Waals surface area contributed by atoms with Gasteiger partial charge >= 0.3 is 0 Å². The van der Waals surface area contributed by atoms with Gasteiger partial charge in [-0.2, -0.15) is 0 Å². The molecule has 17 heavy (non-hydrogen) atoms. The molecule has 0 amide bonds. The summed E-state index contributed by atoms with van der Waals surface area (Å²) in [6.45, 7) is 8.10. The molecule has 0 aliphatic rings. The first kappa shape index (κ1) is 14.5. The Labute approximate surface area is 109 Å². The Morgan fingerprint density at radius 1 is 1.29 bits per heavy atom. The summed E-state index contributed by atoms with van der Waals surface area (Å²) in [5, 5.41) is 14.0. The van der Waals surface area contributed by atoms with Crippen LogP contribution in [0.1, 0.15) is 38.9 Å². The molecule has 2 nitrogen and oxygen atoms in total. The van der Waals surface area contributed by atoms with E-state index in [0.29, 0.717) is 11.6 Å². The van der Waals surface area contributed by atoms with Gasteiger partial charge in [0.1, 0.15) is 0 Å². The molecule has 1 rings (SSSR count). The van der Waals surface area contributed by atoms with Gasteiger partial charge in [0, 0.05) is 18.1 Å². The van der Waals surface area contributed by atoms with Crippen molar-refractivity contribution in [2.24, 2.45) is 5.41 Å². The van der Waals surface area contributed by atoms with Crippen molar-refractivity contribution in [1.29, 1.82) is 0 Å². The molecule has 1 atom stereocenters. The largest absolute Gasteiger partial charge is 0.387 e. The van der Waals surface area contributed by atoms with Gasteiger partial charge in [0.05, 0.1) is 6.10 Å². The summed E-state index contributed by atoms with van der Waals surface area (Å²) in [4.78, 5) is 0. The second kappa shape index (κ2) is 6.39. The Kier molecular flexibility index (Phi) is 5.44. The average molecular weight is 256 g/mol. The van der Waals surface area contributed by atoms with Crippen molar-refractivity contribution < 1.29 is 5.11 Å². The minimum absolute atomic E-state index is 0.277. The third-order valence-corrected chi connectivity index (χ3v) is 3.41. The lowest BCUT2D eigenvalue weighted by Gasteiger charge is -2.24. The molecule has 1 aromatic carbocycles. The van der Waals surface area contributed by atoms with Crippen LogP contribution in [0.3, 0.4) is 0 Å². The fraction of sp³-hybridized carbons (Fsp3) is 0.571. The molecule has 0 radical (unpaired) electrons. The van der Waals surface area contributed by atoms with Gasteiger partial charge in [-0.15, -0.1) is 0 Å². The second-order valence-corrected chi connectivity index (χ2v) is 5.65. The molecule has 1 unspecified atom stereocenters. The maximum atomic E-state index is 9.98. The quantitative estimate of drug-likeness (QED) is 0.817. The van der Waals surface area contributed by atoms with E-state index < -0.39 is 6.10 Å². The van der Waals surface area contributed by atoms with E-state index in [0.717, 1.165) is 18.5 Å². The average Bonchev–Trinajstić information content (AvgIpc) is 2.29. The van der Waals surface area contributed by atoms with Crippen molar-refractivity contribution >= 4 is 11.6 Å². The van der Waals surface area contributed by atoms with Gasteiger partial charge in [0.25, 0.3) is 0 Å². The van der Waals surface area contributed by atoms with E-state index in [9.17, 15) is 5.11 Å². The van der Waals surface area contributed by atoms with Crippen LogP contribution in [0.25, 0.3) is 0 Å². The zero-order chi connectivity index (χ0) is 12.9. The highest BCUT2D eigenvalue weighted by Gasteiger charge is 2.15. The van der Waals surface area contributed by atoms with Crippen LogP contribution in [0, 0.1) is 5.41 Å². The molecule has 0 aliphatic carbocycles. The Morgan fingerprint density at radius 3 is 2.41 bits per heavy atom. The summed E-state index contributed by atoms with van der Waals surface area (Å²) in [7, 11) is 0. The zero-order valence-corrected chi connectivity index (χ0v) is 11.6. The Hall–Kier alpha value is -0.570. The predicted molar refractivity (Wildman–Crippen MR) is 73.4 cm³/mol. The molecule has 0 aliphatic heterocycles. The first-order chi connectivity index (χ1) is 7.94. The minimum atomic E-state index is -0.472. The van der Waals surface area contributed by atoms with Gasteiger partial charge < -0.3 is 10.4 Å². The number of aliphatic hydroxyl groups is 1. The highest BCUT2D eigenvalue weighted by atomic mass is 35.5. The van der Waals surface area contributed by atoms with Crippen molar-refractivity contribution in [2.75, 3.05) is 13.1 Å². The SMILES string of the molecule is CCC(C)(C)CNCC(O)c1ccc(Cl)cc1. The molecule has 0 aromatic heterocycles. The monoisotopic (exact) mass is 255 g/mol. The van der Waals surface area contributed by atoms with Gasteiger partial charge in [0.2, 0.25) is 0 Å². The van der Waals surface area contributed by atoms with E-state index in [-0.39, 0.29) is 5.41 Å². The Balaban J connectivity index is 2.40. The van der Waals surface area contributed by atoms with Gasteiger partial charge in [-0.3, -0.25) is 0 Å². The third kappa shape index (κ3) is 5.07. The van der Waals surface area contributed by atoms with Crippen LogP contribution in [-0.4, -0.2) is 18.2 Å². The number of nitrogens with one attached hydrogen (secondary N) is 1. The van der Waals surface area contributed by atoms with E-state index in [2.05, 4.69) is 26.1 Å². The van der Waals surface area contributed by atoms with E-state index in [1.165, 1.54) is 0 Å². The highest BCUT2D eigenvalue weighted by molar-refractivity contribution is 6.30. The highest BCUT2D eigenvalue weighted by Crippen LogP contribution is 2.19. The summed E-state index contributed by atoms with van der Waals surface area (Å²) in [6, 6.07) is 7.32. The normalized spacial score (nSPS) is 13.7. The van der Waals surface area contributed by atoms with Crippen LogP contribution in [-0.2, 0) is 0 Å². The van der Waals surface area contributed by atoms with Crippen LogP contribution in [0.5, 0.6) is 0 Å². The number of hydrogen-bond donors (Lipinski definition) is 2. The van der Waals surface area contributed by atoms with Crippen molar-refractivity contribution in [3.63, 3.8) is 0 Å². The topological polar surface area (TPSA) is 32.3 Å². The predicted octanol–water partition coefficient (Wildman–Crippen LogP) is 3.40. The van der Waals surface area contributed by atoms with Crippen LogP contribution < -0.4 is 5.32 Å². The molecule has 0 heterocycles.